The van der Waals surface area contributed by atoms with E-state index in [9.17, 15) is 0 Å². The lowest BCUT2D eigenvalue weighted by Crippen LogP contribution is -2.23. The van der Waals surface area contributed by atoms with Crippen LogP contribution in [0.15, 0.2) is 18.2 Å². The van der Waals surface area contributed by atoms with E-state index in [1.807, 2.05) is 25.1 Å². The maximum atomic E-state index is 6.04. The van der Waals surface area contributed by atoms with E-state index < -0.39 is 0 Å². The summed E-state index contributed by atoms with van der Waals surface area (Å²) in [6, 6.07) is 5.81. The molecule has 1 aromatic rings. The van der Waals surface area contributed by atoms with Crippen LogP contribution in [0.4, 0.5) is 0 Å². The molecule has 0 spiro atoms. The summed E-state index contributed by atoms with van der Waals surface area (Å²) in [6.45, 7) is 3.54. The zero-order valence-electron chi connectivity index (χ0n) is 10.1. The summed E-state index contributed by atoms with van der Waals surface area (Å²) in [4.78, 5) is 0. The van der Waals surface area contributed by atoms with Gasteiger partial charge in [-0.25, -0.2) is 0 Å². The largest absolute Gasteiger partial charge is 0.382 e. The molecule has 1 rings (SSSR count). The van der Waals surface area contributed by atoms with Crippen LogP contribution < -0.4 is 5.73 Å². The molecule has 0 heterocycles. The van der Waals surface area contributed by atoms with Crippen LogP contribution in [0.25, 0.3) is 0 Å². The second kappa shape index (κ2) is 7.93. The van der Waals surface area contributed by atoms with Crippen molar-refractivity contribution in [2.24, 2.45) is 5.73 Å². The van der Waals surface area contributed by atoms with E-state index in [1.165, 1.54) is 0 Å². The molecule has 1 aromatic carbocycles. The number of hydrogen-bond acceptors (Lipinski definition) is 2. The fourth-order valence-electron chi connectivity index (χ4n) is 1.66. The van der Waals surface area contributed by atoms with Crippen molar-refractivity contribution in [1.82, 2.24) is 0 Å². The molecule has 1 unspecified atom stereocenters. The van der Waals surface area contributed by atoms with E-state index in [0.717, 1.165) is 38.0 Å². The first kappa shape index (κ1) is 14.8. The Hall–Kier alpha value is -0.280. The van der Waals surface area contributed by atoms with Crippen LogP contribution in [0, 0.1) is 0 Å². The topological polar surface area (TPSA) is 35.2 Å². The highest BCUT2D eigenvalue weighted by Gasteiger charge is 2.06. The lowest BCUT2D eigenvalue weighted by molar-refractivity contribution is 0.142. The van der Waals surface area contributed by atoms with Crippen molar-refractivity contribution in [3.63, 3.8) is 0 Å². The number of ether oxygens (including phenoxy) is 1. The van der Waals surface area contributed by atoms with E-state index in [-0.39, 0.29) is 6.04 Å². The number of halogens is 2. The molecule has 1 atom stereocenters. The van der Waals surface area contributed by atoms with Crippen LogP contribution in [0.5, 0.6) is 0 Å². The summed E-state index contributed by atoms with van der Waals surface area (Å²) in [7, 11) is 0. The molecule has 0 saturated carbocycles. The fourth-order valence-corrected chi connectivity index (χ4v) is 1.98. The monoisotopic (exact) mass is 275 g/mol. The van der Waals surface area contributed by atoms with Gasteiger partial charge < -0.3 is 10.5 Å². The van der Waals surface area contributed by atoms with E-state index in [4.69, 9.17) is 33.7 Å². The van der Waals surface area contributed by atoms with Crippen LogP contribution in [0.2, 0.25) is 10.0 Å². The molecule has 0 bridgehead atoms. The fraction of sp³-hybridized carbons (Fsp3) is 0.538. The Morgan fingerprint density at radius 3 is 2.71 bits per heavy atom. The minimum absolute atomic E-state index is 0.146. The van der Waals surface area contributed by atoms with Crippen molar-refractivity contribution in [2.45, 2.75) is 32.2 Å². The molecule has 0 aliphatic carbocycles. The van der Waals surface area contributed by atoms with Gasteiger partial charge in [-0.2, -0.15) is 0 Å². The predicted molar refractivity (Wildman–Crippen MR) is 73.9 cm³/mol. The molecule has 0 aromatic heterocycles. The second-order valence-electron chi connectivity index (χ2n) is 4.05. The van der Waals surface area contributed by atoms with Gasteiger partial charge in [-0.1, -0.05) is 29.3 Å². The molecule has 0 saturated heterocycles. The van der Waals surface area contributed by atoms with Crippen LogP contribution >= 0.6 is 23.2 Å². The molecule has 0 aliphatic heterocycles. The number of hydrogen-bond donors (Lipinski definition) is 1. The molecule has 0 amide bonds. The molecule has 0 aliphatic rings. The molecular formula is C13H19Cl2NO. The molecule has 2 nitrogen and oxygen atoms in total. The molecular weight excluding hydrogens is 257 g/mol. The Bertz CT molecular complexity index is 344. The first-order valence-corrected chi connectivity index (χ1v) is 6.66. The van der Waals surface area contributed by atoms with Gasteiger partial charge >= 0.3 is 0 Å². The van der Waals surface area contributed by atoms with Crippen LogP contribution in [0.3, 0.4) is 0 Å². The lowest BCUT2D eigenvalue weighted by atomic mass is 10.0. The minimum Gasteiger partial charge on any atom is -0.382 e. The van der Waals surface area contributed by atoms with Gasteiger partial charge in [0.15, 0.2) is 0 Å². The first-order chi connectivity index (χ1) is 8.13. The number of benzene rings is 1. The van der Waals surface area contributed by atoms with Gasteiger partial charge in [-0.15, -0.1) is 0 Å². The van der Waals surface area contributed by atoms with Crippen LogP contribution in [-0.2, 0) is 11.2 Å². The van der Waals surface area contributed by atoms with Crippen LogP contribution in [-0.4, -0.2) is 19.3 Å². The van der Waals surface area contributed by atoms with E-state index in [1.54, 1.807) is 0 Å². The quantitative estimate of drug-likeness (QED) is 0.771. The zero-order valence-corrected chi connectivity index (χ0v) is 11.6. The highest BCUT2D eigenvalue weighted by molar-refractivity contribution is 6.42. The number of rotatable bonds is 7. The third-order valence-corrected chi connectivity index (χ3v) is 3.29. The van der Waals surface area contributed by atoms with E-state index in [0.29, 0.717) is 10.0 Å². The summed E-state index contributed by atoms with van der Waals surface area (Å²) >= 11 is 11.8. The summed E-state index contributed by atoms with van der Waals surface area (Å²) in [5.41, 5.74) is 7.17. The average molecular weight is 276 g/mol. The third kappa shape index (κ3) is 5.73. The molecule has 0 fully saturated rings. The standard InChI is InChI=1S/C13H19Cl2NO/c1-2-17-7-3-4-11(16)8-10-5-6-12(14)13(15)9-10/h5-6,9,11H,2-4,7-8,16H2,1H3. The van der Waals surface area contributed by atoms with Gasteiger partial charge in [0.1, 0.15) is 0 Å². The molecule has 96 valence electrons. The Balaban J connectivity index is 2.34. The summed E-state index contributed by atoms with van der Waals surface area (Å²) in [6.07, 6.45) is 2.78. The first-order valence-electron chi connectivity index (χ1n) is 5.90. The van der Waals surface area contributed by atoms with Crippen molar-refractivity contribution in [1.29, 1.82) is 0 Å². The molecule has 2 N–H and O–H groups in total. The van der Waals surface area contributed by atoms with Gasteiger partial charge in [0, 0.05) is 19.3 Å². The summed E-state index contributed by atoms with van der Waals surface area (Å²) in [5.74, 6) is 0. The van der Waals surface area contributed by atoms with Crippen molar-refractivity contribution < 1.29 is 4.74 Å². The Morgan fingerprint density at radius 2 is 2.06 bits per heavy atom. The van der Waals surface area contributed by atoms with Gasteiger partial charge in [0.25, 0.3) is 0 Å². The second-order valence-corrected chi connectivity index (χ2v) is 4.87. The maximum absolute atomic E-state index is 6.04. The van der Waals surface area contributed by atoms with Gasteiger partial charge in [-0.3, -0.25) is 0 Å². The van der Waals surface area contributed by atoms with Crippen molar-refractivity contribution in [2.75, 3.05) is 13.2 Å². The highest BCUT2D eigenvalue weighted by Crippen LogP contribution is 2.23. The molecule has 0 radical (unpaired) electrons. The van der Waals surface area contributed by atoms with Crippen LogP contribution in [0.1, 0.15) is 25.3 Å². The smallest absolute Gasteiger partial charge is 0.0595 e. The Kier molecular flexibility index (Phi) is 6.90. The zero-order chi connectivity index (χ0) is 12.7. The third-order valence-electron chi connectivity index (χ3n) is 2.55. The SMILES string of the molecule is CCOCCCC(N)Cc1ccc(Cl)c(Cl)c1. The summed E-state index contributed by atoms with van der Waals surface area (Å²) < 4.78 is 5.27. The highest BCUT2D eigenvalue weighted by atomic mass is 35.5. The lowest BCUT2D eigenvalue weighted by Gasteiger charge is -2.12. The minimum atomic E-state index is 0.146. The molecule has 4 heteroatoms. The van der Waals surface area contributed by atoms with Gasteiger partial charge in [-0.05, 0) is 43.9 Å². The predicted octanol–water partition coefficient (Wildman–Crippen LogP) is 3.68. The molecule has 17 heavy (non-hydrogen) atoms. The van der Waals surface area contributed by atoms with Gasteiger partial charge in [0.2, 0.25) is 0 Å². The van der Waals surface area contributed by atoms with Gasteiger partial charge in [0.05, 0.1) is 10.0 Å². The average Bonchev–Trinajstić information content (AvgIpc) is 2.30. The van der Waals surface area contributed by atoms with E-state index in [2.05, 4.69) is 0 Å². The summed E-state index contributed by atoms with van der Waals surface area (Å²) in [5, 5.41) is 1.17. The van der Waals surface area contributed by atoms with E-state index >= 15 is 0 Å². The number of nitrogens with two attached hydrogens (primary N) is 1. The van der Waals surface area contributed by atoms with Crippen molar-refractivity contribution >= 4 is 23.2 Å². The Labute approximate surface area is 113 Å². The maximum Gasteiger partial charge on any atom is 0.0595 e. The Morgan fingerprint density at radius 1 is 1.29 bits per heavy atom. The normalized spacial score (nSPS) is 12.7. The van der Waals surface area contributed by atoms with Crippen molar-refractivity contribution in [3.8, 4) is 0 Å². The van der Waals surface area contributed by atoms with Crippen molar-refractivity contribution in [3.05, 3.63) is 33.8 Å².